The standard InChI is InChI=1S/C25H38N4O6/c30-20-16-29(25(32)27-19-5-2-1-3-6-19)22-8-7-21(35-23(22)18-34-17-20)15-24(31)26-9-4-10-28-11-13-33-14-12-28/h1-3,5-6,20-23,30H,4,7-18H2,(H,26,31)(H,27,32)/t20-,21+,22+,23-/m1/s1. The van der Waals surface area contributed by atoms with Crippen molar-refractivity contribution in [3.8, 4) is 0 Å². The van der Waals surface area contributed by atoms with Crippen LogP contribution in [0.15, 0.2) is 30.3 Å². The molecule has 3 amide bonds. The number of urea groups is 1. The summed E-state index contributed by atoms with van der Waals surface area (Å²) in [6.45, 7) is 5.63. The predicted octanol–water partition coefficient (Wildman–Crippen LogP) is 1.06. The number of aliphatic hydroxyl groups excluding tert-OH is 1. The van der Waals surface area contributed by atoms with E-state index in [-0.39, 0.29) is 49.9 Å². The number of β-amino-alcohol motifs (C(OH)–C–C–N with tert-alkyl or cyclic N) is 1. The maximum Gasteiger partial charge on any atom is 0.322 e. The van der Waals surface area contributed by atoms with Gasteiger partial charge in [-0.05, 0) is 37.9 Å². The Morgan fingerprint density at radius 3 is 2.66 bits per heavy atom. The van der Waals surface area contributed by atoms with Crippen molar-refractivity contribution in [1.29, 1.82) is 0 Å². The van der Waals surface area contributed by atoms with Gasteiger partial charge in [0.25, 0.3) is 0 Å². The van der Waals surface area contributed by atoms with Crippen LogP contribution < -0.4 is 10.6 Å². The predicted molar refractivity (Wildman–Crippen MR) is 130 cm³/mol. The SMILES string of the molecule is O=C(C[C@@H]1CC[C@H]2[C@@H](COC[C@H](O)CN2C(=O)Nc2ccccc2)O1)NCCCN1CCOCC1. The number of amides is 3. The summed E-state index contributed by atoms with van der Waals surface area (Å²) in [4.78, 5) is 29.6. The van der Waals surface area contributed by atoms with E-state index in [1.165, 1.54) is 0 Å². The van der Waals surface area contributed by atoms with Gasteiger partial charge in [-0.3, -0.25) is 9.69 Å². The minimum absolute atomic E-state index is 0.0173. The molecule has 3 saturated heterocycles. The number of rotatable bonds is 7. The van der Waals surface area contributed by atoms with E-state index in [1.807, 2.05) is 30.3 Å². The summed E-state index contributed by atoms with van der Waals surface area (Å²) < 4.78 is 17.3. The number of ether oxygens (including phenoxy) is 3. The number of hydrogen-bond donors (Lipinski definition) is 3. The zero-order valence-electron chi connectivity index (χ0n) is 20.3. The molecular formula is C25H38N4O6. The van der Waals surface area contributed by atoms with Gasteiger partial charge in [0.05, 0.1) is 57.6 Å². The third-order valence-corrected chi connectivity index (χ3v) is 6.76. The third-order valence-electron chi connectivity index (χ3n) is 6.76. The lowest BCUT2D eigenvalue weighted by molar-refractivity contribution is -0.149. The Hall–Kier alpha value is -2.24. The van der Waals surface area contributed by atoms with Crippen molar-refractivity contribution in [2.24, 2.45) is 0 Å². The molecule has 3 aliphatic rings. The van der Waals surface area contributed by atoms with Gasteiger partial charge in [-0.1, -0.05) is 18.2 Å². The molecule has 3 aliphatic heterocycles. The molecule has 10 heteroatoms. The number of benzene rings is 1. The average molecular weight is 491 g/mol. The van der Waals surface area contributed by atoms with Crippen molar-refractivity contribution in [2.45, 2.75) is 50.0 Å². The normalized spacial score (nSPS) is 27.9. The topological polar surface area (TPSA) is 113 Å². The molecule has 10 nitrogen and oxygen atoms in total. The number of nitrogens with zero attached hydrogens (tertiary/aromatic N) is 2. The second-order valence-electron chi connectivity index (χ2n) is 9.44. The first-order valence-electron chi connectivity index (χ1n) is 12.7. The Morgan fingerprint density at radius 1 is 1.06 bits per heavy atom. The lowest BCUT2D eigenvalue weighted by atomic mass is 9.95. The smallest absolute Gasteiger partial charge is 0.322 e. The van der Waals surface area contributed by atoms with E-state index < -0.39 is 6.10 Å². The maximum absolute atomic E-state index is 13.1. The zero-order chi connectivity index (χ0) is 24.5. The number of carbonyl (C=O) groups excluding carboxylic acids is 2. The second kappa shape index (κ2) is 13.2. The van der Waals surface area contributed by atoms with Crippen LogP contribution in [-0.4, -0.2) is 110 Å². The van der Waals surface area contributed by atoms with E-state index in [9.17, 15) is 14.7 Å². The van der Waals surface area contributed by atoms with Crippen molar-refractivity contribution < 1.29 is 28.9 Å². The number of para-hydroxylation sites is 1. The highest BCUT2D eigenvalue weighted by molar-refractivity contribution is 5.89. The minimum Gasteiger partial charge on any atom is -0.389 e. The van der Waals surface area contributed by atoms with Crippen molar-refractivity contribution in [2.75, 3.05) is 64.5 Å². The molecule has 0 aliphatic carbocycles. The van der Waals surface area contributed by atoms with Gasteiger partial charge < -0.3 is 34.9 Å². The van der Waals surface area contributed by atoms with Gasteiger partial charge in [0.1, 0.15) is 6.10 Å². The molecule has 0 aromatic heterocycles. The summed E-state index contributed by atoms with van der Waals surface area (Å²) in [5.74, 6) is -0.0173. The molecular weight excluding hydrogens is 452 g/mol. The number of hydrogen-bond acceptors (Lipinski definition) is 7. The van der Waals surface area contributed by atoms with Crippen molar-refractivity contribution in [3.05, 3.63) is 30.3 Å². The Bertz CT molecular complexity index is 806. The Balaban J connectivity index is 1.25. The fourth-order valence-corrected chi connectivity index (χ4v) is 4.93. The lowest BCUT2D eigenvalue weighted by Gasteiger charge is -2.44. The van der Waals surface area contributed by atoms with Crippen LogP contribution in [0.5, 0.6) is 0 Å². The molecule has 0 bridgehead atoms. The molecule has 0 radical (unpaired) electrons. The number of nitrogens with one attached hydrogen (secondary N) is 2. The number of carbonyl (C=O) groups is 2. The van der Waals surface area contributed by atoms with Gasteiger partial charge in [-0.15, -0.1) is 0 Å². The van der Waals surface area contributed by atoms with Crippen LogP contribution in [-0.2, 0) is 19.0 Å². The van der Waals surface area contributed by atoms with E-state index in [0.29, 0.717) is 31.5 Å². The summed E-state index contributed by atoms with van der Waals surface area (Å²) in [6.07, 6.45) is 1.20. The van der Waals surface area contributed by atoms with Gasteiger partial charge in [0.2, 0.25) is 5.91 Å². The molecule has 1 aromatic rings. The van der Waals surface area contributed by atoms with Gasteiger partial charge in [0, 0.05) is 25.3 Å². The van der Waals surface area contributed by atoms with E-state index in [2.05, 4.69) is 15.5 Å². The molecule has 3 heterocycles. The van der Waals surface area contributed by atoms with E-state index in [0.717, 1.165) is 39.3 Å². The highest BCUT2D eigenvalue weighted by Crippen LogP contribution is 2.28. The highest BCUT2D eigenvalue weighted by atomic mass is 16.5. The summed E-state index contributed by atoms with van der Waals surface area (Å²) >= 11 is 0. The Labute approximate surface area is 206 Å². The monoisotopic (exact) mass is 490 g/mol. The Kier molecular flexibility index (Phi) is 9.73. The number of aliphatic hydroxyl groups is 1. The first-order chi connectivity index (χ1) is 17.1. The molecule has 0 unspecified atom stereocenters. The fourth-order valence-electron chi connectivity index (χ4n) is 4.93. The highest BCUT2D eigenvalue weighted by Gasteiger charge is 2.40. The van der Waals surface area contributed by atoms with E-state index in [1.54, 1.807) is 4.90 Å². The van der Waals surface area contributed by atoms with Gasteiger partial charge in [-0.25, -0.2) is 4.79 Å². The molecule has 4 atom stereocenters. The summed E-state index contributed by atoms with van der Waals surface area (Å²) in [7, 11) is 0. The number of morpholine rings is 1. The minimum atomic E-state index is -0.765. The van der Waals surface area contributed by atoms with Crippen LogP contribution in [0.3, 0.4) is 0 Å². The largest absolute Gasteiger partial charge is 0.389 e. The fraction of sp³-hybridized carbons (Fsp3) is 0.680. The summed E-state index contributed by atoms with van der Waals surface area (Å²) in [5, 5.41) is 16.2. The van der Waals surface area contributed by atoms with Crippen LogP contribution >= 0.6 is 0 Å². The molecule has 4 rings (SSSR count). The lowest BCUT2D eigenvalue weighted by Crippen LogP contribution is -2.58. The second-order valence-corrected chi connectivity index (χ2v) is 9.44. The molecule has 0 saturated carbocycles. The molecule has 3 N–H and O–H groups in total. The number of fused-ring (bicyclic) bond motifs is 1. The van der Waals surface area contributed by atoms with Gasteiger partial charge >= 0.3 is 6.03 Å². The summed E-state index contributed by atoms with van der Waals surface area (Å²) in [6, 6.07) is 8.75. The zero-order valence-corrected chi connectivity index (χ0v) is 20.3. The Morgan fingerprint density at radius 2 is 1.86 bits per heavy atom. The van der Waals surface area contributed by atoms with Crippen LogP contribution in [0.25, 0.3) is 0 Å². The first-order valence-corrected chi connectivity index (χ1v) is 12.7. The quantitative estimate of drug-likeness (QED) is 0.490. The van der Waals surface area contributed by atoms with Crippen LogP contribution in [0.2, 0.25) is 0 Å². The van der Waals surface area contributed by atoms with Gasteiger partial charge in [-0.2, -0.15) is 0 Å². The van der Waals surface area contributed by atoms with E-state index >= 15 is 0 Å². The molecule has 0 spiro atoms. The molecule has 194 valence electrons. The van der Waals surface area contributed by atoms with Crippen molar-refractivity contribution in [3.63, 3.8) is 0 Å². The first kappa shape index (κ1) is 25.8. The molecule has 3 fully saturated rings. The van der Waals surface area contributed by atoms with E-state index in [4.69, 9.17) is 14.2 Å². The van der Waals surface area contributed by atoms with Crippen molar-refractivity contribution >= 4 is 17.6 Å². The van der Waals surface area contributed by atoms with Crippen LogP contribution in [0.4, 0.5) is 10.5 Å². The van der Waals surface area contributed by atoms with Crippen molar-refractivity contribution in [1.82, 2.24) is 15.1 Å². The molecule has 1 aromatic carbocycles. The maximum atomic E-state index is 13.1. The van der Waals surface area contributed by atoms with Crippen LogP contribution in [0.1, 0.15) is 25.7 Å². The summed E-state index contributed by atoms with van der Waals surface area (Å²) in [5.41, 5.74) is 0.696. The average Bonchev–Trinajstić information content (AvgIpc) is 2.86. The van der Waals surface area contributed by atoms with Gasteiger partial charge in [0.15, 0.2) is 0 Å². The molecule has 35 heavy (non-hydrogen) atoms. The van der Waals surface area contributed by atoms with Crippen LogP contribution in [0, 0.1) is 0 Å². The third kappa shape index (κ3) is 7.88. The number of anilines is 1.